The average Bonchev–Trinajstić information content (AvgIpc) is 2.36. The molecule has 1 N–H and O–H groups in total. The van der Waals surface area contributed by atoms with Crippen molar-refractivity contribution in [1.82, 2.24) is 0 Å². The van der Waals surface area contributed by atoms with Crippen molar-refractivity contribution in [2.75, 3.05) is 7.11 Å². The van der Waals surface area contributed by atoms with Crippen LogP contribution in [-0.2, 0) is 9.53 Å². The molecule has 2 aromatic carbocycles. The molecule has 0 saturated carbocycles. The van der Waals surface area contributed by atoms with Crippen molar-refractivity contribution in [1.29, 1.82) is 0 Å². The third kappa shape index (κ3) is 2.63. The van der Waals surface area contributed by atoms with Crippen LogP contribution in [0.25, 0.3) is 16.3 Å². The zero-order chi connectivity index (χ0) is 14.0. The molecule has 2 rings (SSSR count). The van der Waals surface area contributed by atoms with E-state index in [-0.39, 0.29) is 5.57 Å². The highest BCUT2D eigenvalue weighted by Crippen LogP contribution is 2.30. The van der Waals surface area contributed by atoms with Crippen molar-refractivity contribution < 1.29 is 14.6 Å². The van der Waals surface area contributed by atoms with Gasteiger partial charge >= 0.3 is 5.97 Å². The lowest BCUT2D eigenvalue weighted by molar-refractivity contribution is -0.130. The minimum Gasteiger partial charge on any atom is -0.503 e. The fourth-order valence-corrected chi connectivity index (χ4v) is 2.45. The lowest BCUT2D eigenvalue weighted by atomic mass is 9.94. The fourth-order valence-electron chi connectivity index (χ4n) is 2.09. The molecule has 98 valence electrons. The second kappa shape index (κ2) is 5.45. The Morgan fingerprint density at radius 1 is 1.32 bits per heavy atom. The van der Waals surface area contributed by atoms with Crippen LogP contribution in [0, 0.1) is 6.92 Å². The number of carboxylic acids is 1. The quantitative estimate of drug-likeness (QED) is 0.687. The standard InChI is InChI=1S/C15H13BrO3/c1-9-3-4-10-5-6-11(16)7-12(10)14(9)13(8-19-2)15(17)18/h3-8H,1-2H3,(H,17,18). The second-order valence-electron chi connectivity index (χ2n) is 4.20. The van der Waals surface area contributed by atoms with Gasteiger partial charge in [0.15, 0.2) is 0 Å². The van der Waals surface area contributed by atoms with Crippen LogP contribution in [0.1, 0.15) is 11.1 Å². The van der Waals surface area contributed by atoms with Crippen LogP contribution < -0.4 is 0 Å². The number of carbonyl (C=O) groups is 1. The van der Waals surface area contributed by atoms with Crippen LogP contribution in [0.4, 0.5) is 0 Å². The first kappa shape index (κ1) is 13.6. The highest BCUT2D eigenvalue weighted by Gasteiger charge is 2.16. The summed E-state index contributed by atoms with van der Waals surface area (Å²) < 4.78 is 5.81. The lowest BCUT2D eigenvalue weighted by Crippen LogP contribution is -2.03. The summed E-state index contributed by atoms with van der Waals surface area (Å²) in [6.45, 7) is 1.89. The number of carboxylic acid groups (broad SMARTS) is 1. The van der Waals surface area contributed by atoms with E-state index in [0.29, 0.717) is 5.56 Å². The summed E-state index contributed by atoms with van der Waals surface area (Å²) in [6, 6.07) is 9.70. The predicted octanol–water partition coefficient (Wildman–Crippen LogP) is 3.98. The Bertz CT molecular complexity index is 669. The lowest BCUT2D eigenvalue weighted by Gasteiger charge is -2.11. The Balaban J connectivity index is 2.83. The molecule has 0 aliphatic rings. The van der Waals surface area contributed by atoms with Crippen molar-refractivity contribution in [3.05, 3.63) is 52.2 Å². The van der Waals surface area contributed by atoms with Crippen LogP contribution in [0.15, 0.2) is 41.1 Å². The fraction of sp³-hybridized carbons (Fsp3) is 0.133. The van der Waals surface area contributed by atoms with Gasteiger partial charge in [0.05, 0.1) is 13.4 Å². The molecule has 0 spiro atoms. The van der Waals surface area contributed by atoms with E-state index in [1.165, 1.54) is 13.4 Å². The number of methoxy groups -OCH3 is 1. The Hall–Kier alpha value is -1.81. The molecule has 19 heavy (non-hydrogen) atoms. The number of fused-ring (bicyclic) bond motifs is 1. The number of aliphatic carboxylic acids is 1. The molecule has 3 nitrogen and oxygen atoms in total. The SMILES string of the molecule is COC=C(C(=O)O)c1c(C)ccc2ccc(Br)cc12. The minimum atomic E-state index is -1.00. The van der Waals surface area contributed by atoms with Gasteiger partial charge in [-0.15, -0.1) is 0 Å². The third-order valence-corrected chi connectivity index (χ3v) is 3.42. The Morgan fingerprint density at radius 2 is 2.00 bits per heavy atom. The van der Waals surface area contributed by atoms with Crippen molar-refractivity contribution in [2.24, 2.45) is 0 Å². The summed E-state index contributed by atoms with van der Waals surface area (Å²) in [6.07, 6.45) is 1.27. The molecule has 0 saturated heterocycles. The van der Waals surface area contributed by atoms with E-state index in [0.717, 1.165) is 20.8 Å². The van der Waals surface area contributed by atoms with Gasteiger partial charge in [0.25, 0.3) is 0 Å². The molecule has 0 heterocycles. The van der Waals surface area contributed by atoms with Gasteiger partial charge in [0.2, 0.25) is 0 Å². The number of hydrogen-bond acceptors (Lipinski definition) is 2. The van der Waals surface area contributed by atoms with Crippen LogP contribution >= 0.6 is 15.9 Å². The molecule has 0 aromatic heterocycles. The number of hydrogen-bond donors (Lipinski definition) is 1. The summed E-state index contributed by atoms with van der Waals surface area (Å²) in [5.41, 5.74) is 1.74. The van der Waals surface area contributed by atoms with Gasteiger partial charge in [0, 0.05) is 10.0 Å². The topological polar surface area (TPSA) is 46.5 Å². The normalized spacial score (nSPS) is 11.6. The molecule has 0 aliphatic carbocycles. The van der Waals surface area contributed by atoms with Crippen LogP contribution in [-0.4, -0.2) is 18.2 Å². The summed E-state index contributed by atoms with van der Waals surface area (Å²) in [7, 11) is 1.44. The van der Waals surface area contributed by atoms with E-state index in [1.54, 1.807) is 0 Å². The van der Waals surface area contributed by atoms with Crippen LogP contribution in [0.5, 0.6) is 0 Å². The van der Waals surface area contributed by atoms with E-state index in [2.05, 4.69) is 15.9 Å². The van der Waals surface area contributed by atoms with Crippen molar-refractivity contribution in [3.8, 4) is 0 Å². The summed E-state index contributed by atoms with van der Waals surface area (Å²) >= 11 is 3.42. The Labute approximate surface area is 119 Å². The molecule has 0 unspecified atom stereocenters. The Morgan fingerprint density at radius 3 is 2.63 bits per heavy atom. The second-order valence-corrected chi connectivity index (χ2v) is 5.11. The molecule has 0 aliphatic heterocycles. The first-order valence-corrected chi connectivity index (χ1v) is 6.49. The van der Waals surface area contributed by atoms with E-state index < -0.39 is 5.97 Å². The van der Waals surface area contributed by atoms with Gasteiger partial charge in [0.1, 0.15) is 5.57 Å². The van der Waals surface area contributed by atoms with Crippen molar-refractivity contribution in [3.63, 3.8) is 0 Å². The van der Waals surface area contributed by atoms with Crippen molar-refractivity contribution >= 4 is 38.2 Å². The largest absolute Gasteiger partial charge is 0.503 e. The molecule has 4 heteroatoms. The molecule has 2 aromatic rings. The van der Waals surface area contributed by atoms with Gasteiger partial charge in [-0.05, 0) is 35.4 Å². The maximum absolute atomic E-state index is 11.4. The van der Waals surface area contributed by atoms with Gasteiger partial charge in [-0.25, -0.2) is 4.79 Å². The van der Waals surface area contributed by atoms with E-state index in [9.17, 15) is 9.90 Å². The molecule has 0 amide bonds. The third-order valence-electron chi connectivity index (χ3n) is 2.93. The maximum Gasteiger partial charge on any atom is 0.339 e. The monoisotopic (exact) mass is 320 g/mol. The number of benzene rings is 2. The highest BCUT2D eigenvalue weighted by molar-refractivity contribution is 9.10. The molecule has 0 atom stereocenters. The van der Waals surface area contributed by atoms with Crippen molar-refractivity contribution in [2.45, 2.75) is 6.92 Å². The summed E-state index contributed by atoms with van der Waals surface area (Å²) in [4.78, 5) is 11.4. The number of aryl methyl sites for hydroxylation is 1. The zero-order valence-corrected chi connectivity index (χ0v) is 12.2. The summed E-state index contributed by atoms with van der Waals surface area (Å²) in [5.74, 6) is -1.00. The van der Waals surface area contributed by atoms with Gasteiger partial charge < -0.3 is 9.84 Å². The molecular weight excluding hydrogens is 308 g/mol. The minimum absolute atomic E-state index is 0.156. The maximum atomic E-state index is 11.4. The molecule has 0 bridgehead atoms. The first-order valence-electron chi connectivity index (χ1n) is 5.70. The van der Waals surface area contributed by atoms with Crippen LogP contribution in [0.2, 0.25) is 0 Å². The van der Waals surface area contributed by atoms with Gasteiger partial charge in [-0.1, -0.05) is 34.1 Å². The average molecular weight is 321 g/mol. The molecule has 0 radical (unpaired) electrons. The van der Waals surface area contributed by atoms with Crippen LogP contribution in [0.3, 0.4) is 0 Å². The molecular formula is C15H13BrO3. The number of ether oxygens (including phenoxy) is 1. The number of halogens is 1. The van der Waals surface area contributed by atoms with Gasteiger partial charge in [-0.3, -0.25) is 0 Å². The van der Waals surface area contributed by atoms with Gasteiger partial charge in [-0.2, -0.15) is 0 Å². The van der Waals surface area contributed by atoms with E-state index in [1.807, 2.05) is 37.3 Å². The zero-order valence-electron chi connectivity index (χ0n) is 10.6. The van der Waals surface area contributed by atoms with E-state index >= 15 is 0 Å². The predicted molar refractivity (Wildman–Crippen MR) is 79.0 cm³/mol. The summed E-state index contributed by atoms with van der Waals surface area (Å²) in [5, 5.41) is 11.2. The highest BCUT2D eigenvalue weighted by atomic mass is 79.9. The Kier molecular flexibility index (Phi) is 3.90. The molecule has 0 fully saturated rings. The van der Waals surface area contributed by atoms with E-state index in [4.69, 9.17) is 4.74 Å². The first-order chi connectivity index (χ1) is 9.04. The number of rotatable bonds is 3. The smallest absolute Gasteiger partial charge is 0.339 e.